The number of carbonyl (C=O) groups excluding carboxylic acids is 2. The predicted molar refractivity (Wildman–Crippen MR) is 142 cm³/mol. The largest absolute Gasteiger partial charge is 0.416 e. The number of rotatable bonds is 10. The van der Waals surface area contributed by atoms with Gasteiger partial charge in [-0.2, -0.15) is 13.2 Å². The molecular formula is C27H36F3N3O4S. The molecule has 0 aromatic heterocycles. The highest BCUT2D eigenvalue weighted by atomic mass is 32.2. The molecule has 210 valence electrons. The lowest BCUT2D eigenvalue weighted by Crippen LogP contribution is -2.52. The third-order valence-corrected chi connectivity index (χ3v) is 7.08. The minimum atomic E-state index is -4.63. The molecule has 1 N–H and O–H groups in total. The fourth-order valence-electron chi connectivity index (χ4n) is 3.87. The number of sulfonamides is 1. The Morgan fingerprint density at radius 1 is 1.03 bits per heavy atom. The molecule has 0 aliphatic heterocycles. The van der Waals surface area contributed by atoms with E-state index in [4.69, 9.17) is 0 Å². The number of carbonyl (C=O) groups is 2. The molecule has 0 aliphatic rings. The molecule has 2 aromatic carbocycles. The Morgan fingerprint density at radius 2 is 1.66 bits per heavy atom. The first kappa shape index (κ1) is 31.1. The van der Waals surface area contributed by atoms with Crippen LogP contribution in [0.3, 0.4) is 0 Å². The fraction of sp³-hybridized carbons (Fsp3) is 0.481. The number of halogens is 3. The minimum absolute atomic E-state index is 0.0417. The summed E-state index contributed by atoms with van der Waals surface area (Å²) in [5.74, 6) is -0.705. The predicted octanol–water partition coefficient (Wildman–Crippen LogP) is 4.89. The zero-order valence-corrected chi connectivity index (χ0v) is 23.4. The van der Waals surface area contributed by atoms with Crippen LogP contribution in [0.2, 0.25) is 0 Å². The van der Waals surface area contributed by atoms with Gasteiger partial charge in [-0.05, 0) is 70.4 Å². The number of amides is 2. The molecule has 0 bridgehead atoms. The van der Waals surface area contributed by atoms with Gasteiger partial charge in [0.05, 0.1) is 17.5 Å². The maximum absolute atomic E-state index is 13.4. The summed E-state index contributed by atoms with van der Waals surface area (Å²) in [7, 11) is -3.93. The van der Waals surface area contributed by atoms with Crippen molar-refractivity contribution in [1.82, 2.24) is 10.2 Å². The number of nitrogens with zero attached hydrogens (tertiary/aromatic N) is 2. The van der Waals surface area contributed by atoms with Crippen molar-refractivity contribution in [1.29, 1.82) is 0 Å². The second-order valence-corrected chi connectivity index (χ2v) is 12.3. The van der Waals surface area contributed by atoms with Crippen LogP contribution in [0.25, 0.3) is 0 Å². The summed E-state index contributed by atoms with van der Waals surface area (Å²) >= 11 is 0. The quantitative estimate of drug-likeness (QED) is 0.452. The van der Waals surface area contributed by atoms with Crippen molar-refractivity contribution < 1.29 is 31.2 Å². The Balaban J connectivity index is 2.25. The molecule has 0 spiro atoms. The summed E-state index contributed by atoms with van der Waals surface area (Å²) in [6.07, 6.45) is -3.79. The second kappa shape index (κ2) is 12.2. The molecule has 0 unspecified atom stereocenters. The van der Waals surface area contributed by atoms with Gasteiger partial charge in [-0.15, -0.1) is 0 Å². The molecule has 0 aliphatic carbocycles. The van der Waals surface area contributed by atoms with Crippen molar-refractivity contribution in [3.63, 3.8) is 0 Å². The van der Waals surface area contributed by atoms with E-state index < -0.39 is 33.3 Å². The van der Waals surface area contributed by atoms with E-state index in [0.717, 1.165) is 39.9 Å². The third-order valence-electron chi connectivity index (χ3n) is 5.88. The molecule has 0 radical (unpaired) electrons. The lowest BCUT2D eigenvalue weighted by atomic mass is 10.1. The number of alkyl halides is 3. The molecule has 11 heteroatoms. The van der Waals surface area contributed by atoms with Crippen LogP contribution >= 0.6 is 0 Å². The van der Waals surface area contributed by atoms with E-state index in [0.29, 0.717) is 0 Å². The molecule has 1 atom stereocenters. The topological polar surface area (TPSA) is 86.8 Å². The highest BCUT2D eigenvalue weighted by Gasteiger charge is 2.32. The molecule has 0 fully saturated rings. The van der Waals surface area contributed by atoms with Gasteiger partial charge in [0.1, 0.15) is 6.04 Å². The smallest absolute Gasteiger partial charge is 0.350 e. The van der Waals surface area contributed by atoms with E-state index in [2.05, 4.69) is 5.32 Å². The van der Waals surface area contributed by atoms with E-state index in [9.17, 15) is 31.2 Å². The summed E-state index contributed by atoms with van der Waals surface area (Å²) in [6.45, 7) is 9.00. The van der Waals surface area contributed by atoms with Crippen molar-refractivity contribution in [2.75, 3.05) is 17.1 Å². The van der Waals surface area contributed by atoms with Gasteiger partial charge < -0.3 is 10.2 Å². The summed E-state index contributed by atoms with van der Waals surface area (Å²) in [4.78, 5) is 27.7. The average Bonchev–Trinajstić information content (AvgIpc) is 2.78. The molecule has 2 amide bonds. The maximum Gasteiger partial charge on any atom is 0.416 e. The molecule has 0 saturated carbocycles. The van der Waals surface area contributed by atoms with E-state index in [1.54, 1.807) is 6.92 Å². The number of anilines is 1. The van der Waals surface area contributed by atoms with Gasteiger partial charge in [-0.25, -0.2) is 8.42 Å². The lowest BCUT2D eigenvalue weighted by Gasteiger charge is -2.32. The Bertz CT molecular complexity index is 1240. The van der Waals surface area contributed by atoms with Crippen molar-refractivity contribution in [3.8, 4) is 0 Å². The highest BCUT2D eigenvalue weighted by molar-refractivity contribution is 7.92. The number of nitrogens with one attached hydrogen (secondary N) is 1. The van der Waals surface area contributed by atoms with E-state index in [1.165, 1.54) is 11.0 Å². The normalized spacial score (nSPS) is 13.1. The van der Waals surface area contributed by atoms with Crippen molar-refractivity contribution in [2.24, 2.45) is 0 Å². The van der Waals surface area contributed by atoms with Crippen LogP contribution in [0.15, 0.2) is 48.5 Å². The van der Waals surface area contributed by atoms with Crippen LogP contribution < -0.4 is 9.62 Å². The molecule has 2 aromatic rings. The fourth-order valence-corrected chi connectivity index (χ4v) is 4.83. The summed E-state index contributed by atoms with van der Waals surface area (Å²) < 4.78 is 65.2. The Labute approximate surface area is 223 Å². The molecule has 0 saturated heterocycles. The number of aryl methyl sites for hydroxylation is 1. The van der Waals surface area contributed by atoms with Crippen LogP contribution in [0.4, 0.5) is 18.9 Å². The van der Waals surface area contributed by atoms with Gasteiger partial charge in [0.25, 0.3) is 0 Å². The summed E-state index contributed by atoms with van der Waals surface area (Å²) in [6, 6.07) is 10.7. The first-order chi connectivity index (χ1) is 17.4. The van der Waals surface area contributed by atoms with Gasteiger partial charge in [-0.1, -0.05) is 30.3 Å². The Morgan fingerprint density at radius 3 is 2.21 bits per heavy atom. The zero-order valence-electron chi connectivity index (χ0n) is 22.6. The van der Waals surface area contributed by atoms with E-state index in [-0.39, 0.29) is 43.4 Å². The van der Waals surface area contributed by atoms with Gasteiger partial charge in [0.2, 0.25) is 21.8 Å². The van der Waals surface area contributed by atoms with Gasteiger partial charge in [0.15, 0.2) is 0 Å². The maximum atomic E-state index is 13.4. The van der Waals surface area contributed by atoms with Gasteiger partial charge >= 0.3 is 6.18 Å². The van der Waals surface area contributed by atoms with Gasteiger partial charge in [-0.3, -0.25) is 13.9 Å². The molecule has 38 heavy (non-hydrogen) atoms. The number of hydrogen-bond donors (Lipinski definition) is 1. The molecular weight excluding hydrogens is 519 g/mol. The van der Waals surface area contributed by atoms with E-state index >= 15 is 0 Å². The standard InChI is InChI=1S/C27H36F3N3O4S/c1-19-11-7-8-12-21(19)18-32(20(2)25(35)31-26(3,4)5)24(34)15-10-16-33(38(6,36)37)23-14-9-13-22(17-23)27(28,29)30/h7-9,11-14,17,20H,10,15-16,18H2,1-6H3,(H,31,35)/t20-/m1/s1. The monoisotopic (exact) mass is 555 g/mol. The van der Waals surface area contributed by atoms with Crippen LogP contribution in [-0.2, 0) is 32.3 Å². The second-order valence-electron chi connectivity index (χ2n) is 10.4. The molecule has 2 rings (SSSR count). The first-order valence-corrected chi connectivity index (χ1v) is 14.1. The first-order valence-electron chi connectivity index (χ1n) is 12.2. The lowest BCUT2D eigenvalue weighted by molar-refractivity contribution is -0.141. The van der Waals surface area contributed by atoms with Crippen molar-refractivity contribution >= 4 is 27.5 Å². The van der Waals surface area contributed by atoms with Crippen LogP contribution in [0, 0.1) is 6.92 Å². The summed E-state index contributed by atoms with van der Waals surface area (Å²) in [5.41, 5.74) is 0.190. The van der Waals surface area contributed by atoms with E-state index in [1.807, 2.05) is 52.0 Å². The van der Waals surface area contributed by atoms with Crippen LogP contribution in [0.5, 0.6) is 0 Å². The highest BCUT2D eigenvalue weighted by Crippen LogP contribution is 2.32. The molecule has 0 heterocycles. The van der Waals surface area contributed by atoms with Crippen molar-refractivity contribution in [3.05, 3.63) is 65.2 Å². The molecule has 7 nitrogen and oxygen atoms in total. The minimum Gasteiger partial charge on any atom is -0.350 e. The number of benzene rings is 2. The van der Waals surface area contributed by atoms with Crippen molar-refractivity contribution in [2.45, 2.75) is 71.8 Å². The average molecular weight is 556 g/mol. The Hall–Kier alpha value is -3.08. The van der Waals surface area contributed by atoms with Crippen LogP contribution in [0.1, 0.15) is 57.2 Å². The third kappa shape index (κ3) is 9.04. The Kier molecular flexibility index (Phi) is 9.99. The summed E-state index contributed by atoms with van der Waals surface area (Å²) in [5, 5.41) is 2.88. The van der Waals surface area contributed by atoms with Crippen LogP contribution in [-0.4, -0.2) is 49.5 Å². The van der Waals surface area contributed by atoms with Gasteiger partial charge in [0, 0.05) is 25.0 Å². The number of hydrogen-bond acceptors (Lipinski definition) is 4. The zero-order chi connectivity index (χ0) is 28.9. The SMILES string of the molecule is Cc1ccccc1CN(C(=O)CCCN(c1cccc(C(F)(F)F)c1)S(C)(=O)=O)[C@H](C)C(=O)NC(C)(C)C.